The van der Waals surface area contributed by atoms with E-state index in [1.165, 1.54) is 25.4 Å². The summed E-state index contributed by atoms with van der Waals surface area (Å²) in [7, 11) is -5.96. The minimum atomic E-state index is -5.96. The average molecular weight is 436 g/mol. The molecule has 0 aliphatic rings. The normalized spacial score (nSPS) is 12.9. The van der Waals surface area contributed by atoms with E-state index in [-0.39, 0.29) is 27.7 Å². The van der Waals surface area contributed by atoms with Gasteiger partial charge in [-0.1, -0.05) is 0 Å². The number of fused-ring (bicyclic) bond motifs is 1. The number of aromatic nitrogens is 2. The Morgan fingerprint density at radius 3 is 2.07 bits per heavy atom. The minimum absolute atomic E-state index is 0.00317. The van der Waals surface area contributed by atoms with E-state index in [0.29, 0.717) is 0 Å². The molecule has 0 atom stereocenters. The van der Waals surface area contributed by atoms with Crippen LogP contribution in [0.15, 0.2) is 42.7 Å². The molecule has 0 fully saturated rings. The van der Waals surface area contributed by atoms with Gasteiger partial charge in [-0.05, 0) is 53.6 Å². The number of hydrogen-bond donors (Lipinski definition) is 0. The van der Waals surface area contributed by atoms with Crippen LogP contribution in [0, 0.1) is 6.92 Å². The van der Waals surface area contributed by atoms with Crippen LogP contribution in [0.25, 0.3) is 22.2 Å². The van der Waals surface area contributed by atoms with Gasteiger partial charge in [-0.2, -0.15) is 34.8 Å². The van der Waals surface area contributed by atoms with Gasteiger partial charge in [0.2, 0.25) is 0 Å². The van der Waals surface area contributed by atoms with E-state index in [4.69, 9.17) is 0 Å². The van der Waals surface area contributed by atoms with Crippen LogP contribution >= 0.6 is 0 Å². The molecule has 12 heteroatoms. The number of hydrogen-bond acceptors (Lipinski definition) is 5. The van der Waals surface area contributed by atoms with Crippen molar-refractivity contribution in [2.75, 3.05) is 0 Å². The summed E-state index contributed by atoms with van der Waals surface area (Å²) in [5, 5.41) is 0.0237. The fourth-order valence-corrected chi connectivity index (χ4v) is 3.06. The van der Waals surface area contributed by atoms with Crippen molar-refractivity contribution in [1.82, 2.24) is 9.97 Å². The number of benzene rings is 2. The van der Waals surface area contributed by atoms with E-state index in [1.807, 2.05) is 0 Å². The predicted molar refractivity (Wildman–Crippen MR) is 90.3 cm³/mol. The van der Waals surface area contributed by atoms with Crippen molar-refractivity contribution in [1.29, 1.82) is 0 Å². The van der Waals surface area contributed by atoms with E-state index in [9.17, 15) is 34.8 Å². The van der Waals surface area contributed by atoms with E-state index in [2.05, 4.69) is 14.2 Å². The fourth-order valence-electron chi connectivity index (χ4n) is 2.62. The number of rotatable bonds is 3. The largest absolute Gasteiger partial charge is 0.534 e. The molecule has 3 aromatic rings. The van der Waals surface area contributed by atoms with Gasteiger partial charge in [-0.15, -0.1) is 0 Å². The molecule has 5 nitrogen and oxygen atoms in total. The maximum absolute atomic E-state index is 13.3. The maximum Gasteiger partial charge on any atom is 0.534 e. The van der Waals surface area contributed by atoms with Crippen molar-refractivity contribution < 1.29 is 38.9 Å². The molecule has 0 amide bonds. The monoisotopic (exact) mass is 436 g/mol. The molecule has 1 aromatic heterocycles. The average Bonchev–Trinajstić information content (AvgIpc) is 2.59. The van der Waals surface area contributed by atoms with E-state index >= 15 is 0 Å². The highest BCUT2D eigenvalue weighted by molar-refractivity contribution is 7.88. The molecule has 3 rings (SSSR count). The number of nitrogens with zero attached hydrogens (tertiary/aromatic N) is 2. The van der Waals surface area contributed by atoms with Gasteiger partial charge < -0.3 is 4.18 Å². The molecule has 0 bridgehead atoms. The molecule has 0 radical (unpaired) electrons. The quantitative estimate of drug-likeness (QED) is 0.334. The second kappa shape index (κ2) is 6.87. The third-order valence-electron chi connectivity index (χ3n) is 3.87. The highest BCUT2D eigenvalue weighted by atomic mass is 32.2. The lowest BCUT2D eigenvalue weighted by Gasteiger charge is -2.15. The molecule has 0 aliphatic heterocycles. The van der Waals surface area contributed by atoms with Crippen molar-refractivity contribution in [2.45, 2.75) is 18.6 Å². The second-order valence-corrected chi connectivity index (χ2v) is 7.45. The molecule has 0 saturated carbocycles. The summed E-state index contributed by atoms with van der Waals surface area (Å²) in [6, 6.07) is 4.77. The summed E-state index contributed by atoms with van der Waals surface area (Å²) < 4.78 is 104. The second-order valence-electron chi connectivity index (χ2n) is 5.91. The zero-order chi connectivity index (χ0) is 21.6. The van der Waals surface area contributed by atoms with E-state index in [0.717, 1.165) is 24.3 Å². The minimum Gasteiger partial charge on any atom is -0.376 e. The molecule has 0 aliphatic carbocycles. The third kappa shape index (κ3) is 4.11. The first-order valence-corrected chi connectivity index (χ1v) is 9.14. The van der Waals surface area contributed by atoms with Crippen LogP contribution < -0.4 is 4.18 Å². The Hall–Kier alpha value is -2.89. The Morgan fingerprint density at radius 2 is 1.52 bits per heavy atom. The summed E-state index contributed by atoms with van der Waals surface area (Å²) in [6.45, 7) is 1.31. The molecule has 154 valence electrons. The molecule has 0 saturated heterocycles. The maximum atomic E-state index is 13.3. The van der Waals surface area contributed by atoms with E-state index in [1.54, 1.807) is 0 Å². The van der Waals surface area contributed by atoms with Gasteiger partial charge in [0, 0.05) is 18.0 Å². The molecule has 2 aromatic carbocycles. The molecular formula is C17H10F6N2O3S. The summed E-state index contributed by atoms with van der Waals surface area (Å²) in [6.07, 6.45) is -2.16. The topological polar surface area (TPSA) is 69.2 Å². The van der Waals surface area contributed by atoms with Gasteiger partial charge >= 0.3 is 21.8 Å². The molecule has 1 heterocycles. The highest BCUT2D eigenvalue weighted by Crippen LogP contribution is 2.39. The lowest BCUT2D eigenvalue weighted by atomic mass is 9.96. The van der Waals surface area contributed by atoms with Crippen LogP contribution in [0.3, 0.4) is 0 Å². The summed E-state index contributed by atoms with van der Waals surface area (Å²) in [5.41, 5.74) is -6.76. The summed E-state index contributed by atoms with van der Waals surface area (Å²) in [4.78, 5) is 7.76. The van der Waals surface area contributed by atoms with Crippen molar-refractivity contribution in [3.8, 4) is 17.1 Å². The third-order valence-corrected chi connectivity index (χ3v) is 4.85. The Labute approximate surface area is 160 Å². The molecular weight excluding hydrogens is 426 g/mol. The van der Waals surface area contributed by atoms with Crippen molar-refractivity contribution in [3.05, 3.63) is 53.9 Å². The number of alkyl halides is 6. The summed E-state index contributed by atoms with van der Waals surface area (Å²) in [5.74, 6) is -0.830. The van der Waals surface area contributed by atoms with Gasteiger partial charge in [0.25, 0.3) is 0 Å². The molecule has 29 heavy (non-hydrogen) atoms. The Morgan fingerprint density at radius 1 is 0.897 bits per heavy atom. The van der Waals surface area contributed by atoms with Crippen molar-refractivity contribution in [3.63, 3.8) is 0 Å². The Balaban J connectivity index is 2.30. The predicted octanol–water partition coefficient (Wildman–Crippen LogP) is 4.85. The van der Waals surface area contributed by atoms with Crippen molar-refractivity contribution in [2.24, 2.45) is 0 Å². The van der Waals surface area contributed by atoms with Gasteiger partial charge in [0.15, 0.2) is 5.82 Å². The fraction of sp³-hybridized carbons (Fsp3) is 0.176. The number of aryl methyl sites for hydroxylation is 1. The van der Waals surface area contributed by atoms with Crippen LogP contribution in [0.5, 0.6) is 5.75 Å². The van der Waals surface area contributed by atoms with Gasteiger partial charge in [0.05, 0.1) is 5.56 Å². The van der Waals surface area contributed by atoms with Gasteiger partial charge in [-0.3, -0.25) is 0 Å². The lowest BCUT2D eigenvalue weighted by molar-refractivity contribution is -0.137. The Bertz CT molecular complexity index is 1180. The zero-order valence-electron chi connectivity index (χ0n) is 14.3. The summed E-state index contributed by atoms with van der Waals surface area (Å²) >= 11 is 0. The SMILES string of the molecule is Cc1cc(OS(=O)(=O)C(F)(F)F)cc2c(-c3ncccn3)cc(C(F)(F)F)cc12. The lowest BCUT2D eigenvalue weighted by Crippen LogP contribution is -2.28. The number of halogens is 6. The van der Waals surface area contributed by atoms with Crippen LogP contribution in [-0.4, -0.2) is 23.9 Å². The van der Waals surface area contributed by atoms with Crippen molar-refractivity contribution >= 4 is 20.9 Å². The standard InChI is InChI=1S/C17H10F6N2O3S/c1-9-5-11(28-29(26,27)17(21,22)23)8-13-12(9)6-10(16(18,19)20)7-14(13)15-24-3-2-4-25-15/h2-8H,1H3. The first kappa shape index (κ1) is 20.8. The van der Waals surface area contributed by atoms with Crippen LogP contribution in [-0.2, 0) is 16.3 Å². The van der Waals surface area contributed by atoms with Crippen LogP contribution in [0.2, 0.25) is 0 Å². The van der Waals surface area contributed by atoms with Crippen LogP contribution in [0.4, 0.5) is 26.3 Å². The zero-order valence-corrected chi connectivity index (χ0v) is 15.2. The first-order valence-electron chi connectivity index (χ1n) is 7.73. The Kier molecular flexibility index (Phi) is 4.93. The molecule has 0 spiro atoms. The van der Waals surface area contributed by atoms with E-state index < -0.39 is 33.1 Å². The van der Waals surface area contributed by atoms with Gasteiger partial charge in [0.1, 0.15) is 5.75 Å². The van der Waals surface area contributed by atoms with Gasteiger partial charge in [-0.25, -0.2) is 9.97 Å². The first-order chi connectivity index (χ1) is 13.3. The molecule has 0 unspecified atom stereocenters. The highest BCUT2D eigenvalue weighted by Gasteiger charge is 2.48. The van der Waals surface area contributed by atoms with Crippen LogP contribution in [0.1, 0.15) is 11.1 Å². The smallest absolute Gasteiger partial charge is 0.376 e. The molecule has 0 N–H and O–H groups in total.